The van der Waals surface area contributed by atoms with Gasteiger partial charge >= 0.3 is 5.97 Å². The first-order valence-electron chi connectivity index (χ1n) is 7.17. The van der Waals surface area contributed by atoms with Crippen molar-refractivity contribution in [3.63, 3.8) is 0 Å². The molecule has 0 spiro atoms. The van der Waals surface area contributed by atoms with Crippen molar-refractivity contribution < 1.29 is 14.3 Å². The van der Waals surface area contributed by atoms with Crippen molar-refractivity contribution in [1.82, 2.24) is 5.32 Å². The molecule has 1 aromatic carbocycles. The topological polar surface area (TPSA) is 47.6 Å². The van der Waals surface area contributed by atoms with Crippen LogP contribution >= 0.6 is 0 Å². The van der Waals surface area contributed by atoms with Gasteiger partial charge in [-0.3, -0.25) is 4.79 Å². The van der Waals surface area contributed by atoms with E-state index in [2.05, 4.69) is 17.4 Å². The molecule has 20 heavy (non-hydrogen) atoms. The van der Waals surface area contributed by atoms with Crippen molar-refractivity contribution in [3.05, 3.63) is 29.3 Å². The Kier molecular flexibility index (Phi) is 5.01. The highest BCUT2D eigenvalue weighted by atomic mass is 16.5. The van der Waals surface area contributed by atoms with E-state index in [1.165, 1.54) is 18.2 Å². The van der Waals surface area contributed by atoms with Crippen LogP contribution in [-0.2, 0) is 22.4 Å². The van der Waals surface area contributed by atoms with E-state index in [0.717, 1.165) is 31.7 Å². The molecule has 1 aliphatic rings. The lowest BCUT2D eigenvalue weighted by atomic mass is 10.0. The summed E-state index contributed by atoms with van der Waals surface area (Å²) in [6.07, 6.45) is 1.89. The van der Waals surface area contributed by atoms with Gasteiger partial charge in [-0.05, 0) is 36.1 Å². The van der Waals surface area contributed by atoms with E-state index in [1.807, 2.05) is 19.9 Å². The molecule has 0 radical (unpaired) electrons. The molecule has 1 atom stereocenters. The average Bonchev–Trinajstić information content (AvgIpc) is 2.89. The number of ether oxygens (including phenoxy) is 2. The molecule has 110 valence electrons. The Bertz CT molecular complexity index is 471. The Morgan fingerprint density at radius 2 is 2.25 bits per heavy atom. The van der Waals surface area contributed by atoms with Crippen molar-refractivity contribution in [2.24, 2.45) is 5.92 Å². The van der Waals surface area contributed by atoms with Crippen molar-refractivity contribution in [3.8, 4) is 5.75 Å². The zero-order chi connectivity index (χ0) is 14.5. The van der Waals surface area contributed by atoms with Gasteiger partial charge in [0.1, 0.15) is 11.8 Å². The molecular weight excluding hydrogens is 254 g/mol. The van der Waals surface area contributed by atoms with Gasteiger partial charge in [-0.15, -0.1) is 0 Å². The molecule has 0 aliphatic carbocycles. The van der Waals surface area contributed by atoms with Crippen LogP contribution in [0, 0.1) is 5.92 Å². The predicted molar refractivity (Wildman–Crippen MR) is 78.0 cm³/mol. The van der Waals surface area contributed by atoms with Gasteiger partial charge in [-0.25, -0.2) is 0 Å². The van der Waals surface area contributed by atoms with Gasteiger partial charge in [0.25, 0.3) is 0 Å². The molecule has 1 N–H and O–H groups in total. The van der Waals surface area contributed by atoms with E-state index in [-0.39, 0.29) is 17.9 Å². The summed E-state index contributed by atoms with van der Waals surface area (Å²) in [6.45, 7) is 5.58. The summed E-state index contributed by atoms with van der Waals surface area (Å²) in [5, 5.41) is 3.28. The molecule has 0 saturated heterocycles. The summed E-state index contributed by atoms with van der Waals surface area (Å²) in [7, 11) is 1.43. The zero-order valence-electron chi connectivity index (χ0n) is 12.4. The van der Waals surface area contributed by atoms with Gasteiger partial charge in [0.2, 0.25) is 0 Å². The van der Waals surface area contributed by atoms with E-state index >= 15 is 0 Å². The summed E-state index contributed by atoms with van der Waals surface area (Å²) in [6, 6.07) is 6.09. The number of carbonyl (C=O) groups excluding carboxylic acids is 1. The number of rotatable bonds is 6. The lowest BCUT2D eigenvalue weighted by Gasteiger charge is -2.19. The van der Waals surface area contributed by atoms with E-state index in [9.17, 15) is 4.79 Å². The van der Waals surface area contributed by atoms with Crippen LogP contribution in [0.4, 0.5) is 0 Å². The quantitative estimate of drug-likeness (QED) is 0.807. The van der Waals surface area contributed by atoms with Crippen LogP contribution in [0.25, 0.3) is 0 Å². The Morgan fingerprint density at radius 1 is 1.45 bits per heavy atom. The van der Waals surface area contributed by atoms with E-state index in [1.54, 1.807) is 0 Å². The summed E-state index contributed by atoms with van der Waals surface area (Å²) in [5.74, 6) is 1.04. The second kappa shape index (κ2) is 6.75. The van der Waals surface area contributed by atoms with Gasteiger partial charge in [-0.1, -0.05) is 26.0 Å². The highest BCUT2D eigenvalue weighted by molar-refractivity contribution is 5.75. The standard InChI is InChI=1S/C16H23NO3/c1-11(2)15(16(18)19-3)17-8-6-12-4-5-14-13(10-12)7-9-20-14/h4-5,10-11,15,17H,6-9H2,1-3H3. The summed E-state index contributed by atoms with van der Waals surface area (Å²) < 4.78 is 10.3. The van der Waals surface area contributed by atoms with Crippen LogP contribution in [0.15, 0.2) is 18.2 Å². The maximum Gasteiger partial charge on any atom is 0.323 e. The van der Waals surface area contributed by atoms with Crippen LogP contribution in [-0.4, -0.2) is 32.3 Å². The molecule has 0 fully saturated rings. The highest BCUT2D eigenvalue weighted by Gasteiger charge is 2.21. The first-order chi connectivity index (χ1) is 9.61. The molecule has 2 rings (SSSR count). The van der Waals surface area contributed by atoms with Crippen molar-refractivity contribution in [2.75, 3.05) is 20.3 Å². The predicted octanol–water partition coefficient (Wildman–Crippen LogP) is 1.95. The van der Waals surface area contributed by atoms with Gasteiger partial charge < -0.3 is 14.8 Å². The van der Waals surface area contributed by atoms with E-state index in [0.29, 0.717) is 0 Å². The number of hydrogen-bond acceptors (Lipinski definition) is 4. The maximum atomic E-state index is 11.6. The SMILES string of the molecule is COC(=O)C(NCCc1ccc2c(c1)CCO2)C(C)C. The third-order valence-corrected chi connectivity index (χ3v) is 3.65. The van der Waals surface area contributed by atoms with Gasteiger partial charge in [0.05, 0.1) is 13.7 Å². The minimum atomic E-state index is -0.238. The number of methoxy groups -OCH3 is 1. The molecule has 0 saturated carbocycles. The molecule has 1 aromatic rings. The molecule has 1 unspecified atom stereocenters. The van der Waals surface area contributed by atoms with Crippen LogP contribution in [0.5, 0.6) is 5.75 Å². The first kappa shape index (κ1) is 14.9. The van der Waals surface area contributed by atoms with E-state index < -0.39 is 0 Å². The van der Waals surface area contributed by atoms with Crippen LogP contribution in [0.1, 0.15) is 25.0 Å². The Balaban J connectivity index is 1.87. The fourth-order valence-corrected chi connectivity index (χ4v) is 2.49. The normalized spacial score (nSPS) is 14.8. The lowest BCUT2D eigenvalue weighted by Crippen LogP contribution is -2.42. The van der Waals surface area contributed by atoms with Crippen molar-refractivity contribution in [2.45, 2.75) is 32.7 Å². The fraction of sp³-hybridized carbons (Fsp3) is 0.562. The van der Waals surface area contributed by atoms with Gasteiger partial charge in [0.15, 0.2) is 0 Å². The minimum absolute atomic E-state index is 0.192. The Labute approximate surface area is 120 Å². The number of esters is 1. The van der Waals surface area contributed by atoms with Crippen LogP contribution in [0.2, 0.25) is 0 Å². The second-order valence-corrected chi connectivity index (χ2v) is 5.49. The molecule has 0 aromatic heterocycles. The molecule has 4 heteroatoms. The highest BCUT2D eigenvalue weighted by Crippen LogP contribution is 2.25. The lowest BCUT2D eigenvalue weighted by molar-refractivity contribution is -0.144. The molecule has 0 bridgehead atoms. The van der Waals surface area contributed by atoms with E-state index in [4.69, 9.17) is 9.47 Å². The monoisotopic (exact) mass is 277 g/mol. The molecule has 0 amide bonds. The second-order valence-electron chi connectivity index (χ2n) is 5.49. The number of hydrogen-bond donors (Lipinski definition) is 1. The summed E-state index contributed by atoms with van der Waals surface area (Å²) in [4.78, 5) is 11.6. The summed E-state index contributed by atoms with van der Waals surface area (Å²) >= 11 is 0. The molecule has 4 nitrogen and oxygen atoms in total. The molecule has 1 heterocycles. The molecular formula is C16H23NO3. The molecule has 1 aliphatic heterocycles. The maximum absolute atomic E-state index is 11.6. The summed E-state index contributed by atoms with van der Waals surface area (Å²) in [5.41, 5.74) is 2.56. The third kappa shape index (κ3) is 3.51. The average molecular weight is 277 g/mol. The van der Waals surface area contributed by atoms with Crippen molar-refractivity contribution >= 4 is 5.97 Å². The number of carbonyl (C=O) groups is 1. The smallest absolute Gasteiger partial charge is 0.323 e. The number of nitrogens with one attached hydrogen (secondary N) is 1. The minimum Gasteiger partial charge on any atom is -0.493 e. The fourth-order valence-electron chi connectivity index (χ4n) is 2.49. The largest absolute Gasteiger partial charge is 0.493 e. The zero-order valence-corrected chi connectivity index (χ0v) is 12.4. The Hall–Kier alpha value is -1.55. The van der Waals surface area contributed by atoms with Crippen molar-refractivity contribution in [1.29, 1.82) is 0 Å². The van der Waals surface area contributed by atoms with Gasteiger partial charge in [0, 0.05) is 6.42 Å². The number of benzene rings is 1. The van der Waals surface area contributed by atoms with Crippen LogP contribution < -0.4 is 10.1 Å². The number of fused-ring (bicyclic) bond motifs is 1. The first-order valence-corrected chi connectivity index (χ1v) is 7.17. The van der Waals surface area contributed by atoms with Crippen LogP contribution in [0.3, 0.4) is 0 Å². The Morgan fingerprint density at radius 3 is 2.95 bits per heavy atom. The van der Waals surface area contributed by atoms with Gasteiger partial charge in [-0.2, -0.15) is 0 Å². The third-order valence-electron chi connectivity index (χ3n) is 3.65.